The third kappa shape index (κ3) is 5.57. The van der Waals surface area contributed by atoms with E-state index in [0.29, 0.717) is 12.1 Å². The van der Waals surface area contributed by atoms with E-state index in [0.717, 1.165) is 0 Å². The highest BCUT2D eigenvalue weighted by Crippen LogP contribution is 2.36. The van der Waals surface area contributed by atoms with Crippen LogP contribution in [0.5, 0.6) is 0 Å². The number of morpholine rings is 1. The summed E-state index contributed by atoms with van der Waals surface area (Å²) in [5, 5.41) is 0. The quantitative estimate of drug-likeness (QED) is 0.659. The summed E-state index contributed by atoms with van der Waals surface area (Å²) in [7, 11) is 0. The predicted molar refractivity (Wildman–Crippen MR) is 82.9 cm³/mol. The lowest BCUT2D eigenvalue weighted by Crippen LogP contribution is -2.50. The van der Waals surface area contributed by atoms with Crippen molar-refractivity contribution in [1.82, 2.24) is 4.90 Å². The smallest absolute Gasteiger partial charge is 0.367 e. The first-order chi connectivity index (χ1) is 11.2. The molecule has 2 rings (SSSR count). The number of rotatable bonds is 4. The molecule has 0 saturated carbocycles. The fraction of sp³-hybridized carbons (Fsp3) is 0.333. The van der Waals surface area contributed by atoms with Gasteiger partial charge in [-0.25, -0.2) is 0 Å². The van der Waals surface area contributed by atoms with Crippen LogP contribution in [0.4, 0.5) is 13.2 Å². The molecule has 1 aromatic carbocycles. The molecule has 1 aliphatic rings. The molecule has 1 aliphatic heterocycles. The maximum absolute atomic E-state index is 12.2. The third-order valence-corrected chi connectivity index (χ3v) is 3.97. The van der Waals surface area contributed by atoms with Crippen LogP contribution in [0.1, 0.15) is 5.56 Å². The minimum atomic E-state index is -4.33. The van der Waals surface area contributed by atoms with Crippen LogP contribution in [0.25, 0.3) is 6.08 Å². The van der Waals surface area contributed by atoms with Crippen LogP contribution in [-0.2, 0) is 14.3 Å². The van der Waals surface area contributed by atoms with E-state index in [1.165, 1.54) is 41.3 Å². The van der Waals surface area contributed by atoms with Gasteiger partial charge in [0.25, 0.3) is 0 Å². The first-order valence-corrected chi connectivity index (χ1v) is 7.80. The van der Waals surface area contributed by atoms with Gasteiger partial charge in [-0.3, -0.25) is 9.59 Å². The van der Waals surface area contributed by atoms with Gasteiger partial charge in [0.15, 0.2) is 6.10 Å². The normalized spacial score (nSPS) is 18.8. The van der Waals surface area contributed by atoms with Crippen molar-refractivity contribution in [3.05, 3.63) is 35.9 Å². The van der Waals surface area contributed by atoms with Gasteiger partial charge in [0.2, 0.25) is 11.8 Å². The topological polar surface area (TPSA) is 72.6 Å². The lowest BCUT2D eigenvalue weighted by molar-refractivity contribution is -0.142. The molecule has 2 N–H and O–H groups in total. The number of primary amides is 1. The van der Waals surface area contributed by atoms with Gasteiger partial charge in [-0.1, -0.05) is 12.1 Å². The number of carbonyl (C=O) groups excluding carboxylic acids is 2. The molecule has 130 valence electrons. The molecule has 0 spiro atoms. The summed E-state index contributed by atoms with van der Waals surface area (Å²) in [6.45, 7) is 0.643. The monoisotopic (exact) mass is 360 g/mol. The van der Waals surface area contributed by atoms with Crippen LogP contribution in [0.15, 0.2) is 35.2 Å². The second-order valence-electron chi connectivity index (χ2n) is 5.00. The molecular weight excluding hydrogens is 345 g/mol. The van der Waals surface area contributed by atoms with E-state index in [-0.39, 0.29) is 35.7 Å². The molecule has 1 atom stereocenters. The summed E-state index contributed by atoms with van der Waals surface area (Å²) in [4.78, 5) is 24.7. The minimum Gasteiger partial charge on any atom is -0.367 e. The second-order valence-corrected chi connectivity index (χ2v) is 6.13. The molecule has 24 heavy (non-hydrogen) atoms. The number of nitrogens with zero attached hydrogens (tertiary/aromatic N) is 1. The first-order valence-electron chi connectivity index (χ1n) is 6.98. The maximum Gasteiger partial charge on any atom is 0.446 e. The average Bonchev–Trinajstić information content (AvgIpc) is 2.52. The number of benzene rings is 1. The number of halogens is 3. The molecule has 1 saturated heterocycles. The Balaban J connectivity index is 1.95. The number of thioether (sulfide) groups is 1. The molecule has 1 heterocycles. The van der Waals surface area contributed by atoms with Crippen LogP contribution in [0.3, 0.4) is 0 Å². The maximum atomic E-state index is 12.2. The van der Waals surface area contributed by atoms with Crippen molar-refractivity contribution in [2.24, 2.45) is 5.73 Å². The summed E-state index contributed by atoms with van der Waals surface area (Å²) in [6.07, 6.45) is 1.98. The molecule has 1 fully saturated rings. The zero-order valence-corrected chi connectivity index (χ0v) is 13.3. The van der Waals surface area contributed by atoms with Crippen molar-refractivity contribution in [1.29, 1.82) is 0 Å². The van der Waals surface area contributed by atoms with E-state index < -0.39 is 17.5 Å². The van der Waals surface area contributed by atoms with Gasteiger partial charge in [-0.05, 0) is 35.5 Å². The molecule has 9 heteroatoms. The van der Waals surface area contributed by atoms with Gasteiger partial charge in [0, 0.05) is 17.5 Å². The van der Waals surface area contributed by atoms with Crippen LogP contribution >= 0.6 is 11.8 Å². The molecule has 1 unspecified atom stereocenters. The molecule has 0 radical (unpaired) electrons. The lowest BCUT2D eigenvalue weighted by atomic mass is 10.2. The second kappa shape index (κ2) is 7.71. The molecule has 5 nitrogen and oxygen atoms in total. The average molecular weight is 360 g/mol. The Labute approximate surface area is 140 Å². The first kappa shape index (κ1) is 18.3. The summed E-state index contributed by atoms with van der Waals surface area (Å²) >= 11 is -0.197. The Kier molecular flexibility index (Phi) is 5.89. The molecule has 2 amide bonds. The van der Waals surface area contributed by atoms with E-state index in [1.54, 1.807) is 0 Å². The minimum absolute atomic E-state index is 0.0726. The number of nitrogens with two attached hydrogens (primary N) is 1. The fourth-order valence-electron chi connectivity index (χ4n) is 2.08. The molecule has 0 aromatic heterocycles. The van der Waals surface area contributed by atoms with E-state index in [9.17, 15) is 22.8 Å². The number of ether oxygens (including phenoxy) is 1. The standard InChI is InChI=1S/C15H15F3N2O3S/c16-15(17,18)24-11-4-1-10(2-5-11)3-6-13(21)20-7-8-23-12(9-20)14(19)22/h1-6,12H,7-9H2,(H2,19,22). The molecule has 0 aliphatic carbocycles. The molecular formula is C15H15F3N2O3S. The van der Waals surface area contributed by atoms with Gasteiger partial charge >= 0.3 is 5.51 Å². The predicted octanol–water partition coefficient (Wildman–Crippen LogP) is 2.02. The number of alkyl halides is 3. The van der Waals surface area contributed by atoms with Crippen LogP contribution in [-0.4, -0.2) is 48.0 Å². The fourth-order valence-corrected chi connectivity index (χ4v) is 2.61. The zero-order chi connectivity index (χ0) is 17.7. The van der Waals surface area contributed by atoms with Gasteiger partial charge in [-0.2, -0.15) is 13.2 Å². The Bertz CT molecular complexity index is 632. The Morgan fingerprint density at radius 3 is 2.54 bits per heavy atom. The van der Waals surface area contributed by atoms with Crippen molar-refractivity contribution >= 4 is 29.7 Å². The summed E-state index contributed by atoms with van der Waals surface area (Å²) < 4.78 is 41.9. The molecule has 0 bridgehead atoms. The zero-order valence-electron chi connectivity index (χ0n) is 12.5. The van der Waals surface area contributed by atoms with Gasteiger partial charge < -0.3 is 15.4 Å². The highest BCUT2D eigenvalue weighted by atomic mass is 32.2. The van der Waals surface area contributed by atoms with Gasteiger partial charge in [0.05, 0.1) is 13.2 Å². The Morgan fingerprint density at radius 2 is 1.96 bits per heavy atom. The highest BCUT2D eigenvalue weighted by molar-refractivity contribution is 8.00. The largest absolute Gasteiger partial charge is 0.446 e. The SMILES string of the molecule is NC(=O)C1CN(C(=O)C=Cc2ccc(SC(F)(F)F)cc2)CCO1. The van der Waals surface area contributed by atoms with Crippen LogP contribution in [0, 0.1) is 0 Å². The van der Waals surface area contributed by atoms with E-state index in [1.807, 2.05) is 0 Å². The van der Waals surface area contributed by atoms with Crippen molar-refractivity contribution in [2.45, 2.75) is 16.5 Å². The molecule has 1 aromatic rings. The number of carbonyl (C=O) groups is 2. The van der Waals surface area contributed by atoms with Crippen molar-refractivity contribution in [2.75, 3.05) is 19.7 Å². The van der Waals surface area contributed by atoms with Crippen molar-refractivity contribution in [3.8, 4) is 0 Å². The van der Waals surface area contributed by atoms with Crippen molar-refractivity contribution in [3.63, 3.8) is 0 Å². The summed E-state index contributed by atoms with van der Waals surface area (Å²) in [6, 6.07) is 5.65. The highest BCUT2D eigenvalue weighted by Gasteiger charge is 2.29. The Hall–Kier alpha value is -2.00. The number of amides is 2. The van der Waals surface area contributed by atoms with E-state index >= 15 is 0 Å². The van der Waals surface area contributed by atoms with Crippen LogP contribution < -0.4 is 5.73 Å². The summed E-state index contributed by atoms with van der Waals surface area (Å²) in [5.74, 6) is -0.951. The van der Waals surface area contributed by atoms with Crippen molar-refractivity contribution < 1.29 is 27.5 Å². The lowest BCUT2D eigenvalue weighted by Gasteiger charge is -2.30. The third-order valence-electron chi connectivity index (χ3n) is 3.23. The van der Waals surface area contributed by atoms with Gasteiger partial charge in [-0.15, -0.1) is 0 Å². The van der Waals surface area contributed by atoms with Gasteiger partial charge in [0.1, 0.15) is 0 Å². The number of hydrogen-bond acceptors (Lipinski definition) is 4. The number of hydrogen-bond donors (Lipinski definition) is 1. The van der Waals surface area contributed by atoms with Crippen LogP contribution in [0.2, 0.25) is 0 Å². The Morgan fingerprint density at radius 1 is 1.29 bits per heavy atom. The van der Waals surface area contributed by atoms with E-state index in [2.05, 4.69) is 0 Å². The summed E-state index contributed by atoms with van der Waals surface area (Å²) in [5.41, 5.74) is 1.41. The van der Waals surface area contributed by atoms with E-state index in [4.69, 9.17) is 10.5 Å².